The quantitative estimate of drug-likeness (QED) is 0.637. The van der Waals surface area contributed by atoms with E-state index in [0.717, 1.165) is 0 Å². The molecule has 0 aromatic rings. The molecule has 0 N–H and O–H groups in total. The highest BCUT2D eigenvalue weighted by atomic mass is 16.5. The minimum atomic E-state index is -0.309. The number of carbonyl (C=O) groups excluding carboxylic acids is 2. The Morgan fingerprint density at radius 2 is 1.93 bits per heavy atom. The van der Waals surface area contributed by atoms with Crippen molar-refractivity contribution < 1.29 is 19.1 Å². The molecule has 14 heavy (non-hydrogen) atoms. The van der Waals surface area contributed by atoms with Crippen molar-refractivity contribution in [1.82, 2.24) is 0 Å². The van der Waals surface area contributed by atoms with Crippen molar-refractivity contribution in [3.05, 3.63) is 0 Å². The van der Waals surface area contributed by atoms with Crippen LogP contribution in [0.4, 0.5) is 0 Å². The fraction of sp³-hybridized carbons (Fsp3) is 0.800. The molecule has 4 nitrogen and oxygen atoms in total. The van der Waals surface area contributed by atoms with Crippen molar-refractivity contribution in [1.29, 1.82) is 0 Å². The minimum absolute atomic E-state index is 0.0962. The van der Waals surface area contributed by atoms with Crippen LogP contribution in [0.5, 0.6) is 0 Å². The van der Waals surface area contributed by atoms with Crippen LogP contribution in [0.15, 0.2) is 0 Å². The average Bonchev–Trinajstić information content (AvgIpc) is 2.63. The summed E-state index contributed by atoms with van der Waals surface area (Å²) in [6.07, 6.45) is 0. The molecule has 0 saturated heterocycles. The van der Waals surface area contributed by atoms with Gasteiger partial charge in [-0.1, -0.05) is 13.8 Å². The number of hydrogen-bond acceptors (Lipinski definition) is 4. The average molecular weight is 200 g/mol. The summed E-state index contributed by atoms with van der Waals surface area (Å²) >= 11 is 0. The summed E-state index contributed by atoms with van der Waals surface area (Å²) in [4.78, 5) is 21.9. The summed E-state index contributed by atoms with van der Waals surface area (Å²) in [5.74, 6) is -0.561. The van der Waals surface area contributed by atoms with Crippen molar-refractivity contribution in [3.8, 4) is 0 Å². The summed E-state index contributed by atoms with van der Waals surface area (Å²) in [5.41, 5.74) is -0.109. The summed E-state index contributed by atoms with van der Waals surface area (Å²) in [6.45, 7) is 5.62. The molecule has 1 aliphatic carbocycles. The van der Waals surface area contributed by atoms with Gasteiger partial charge in [0.05, 0.1) is 19.6 Å². The van der Waals surface area contributed by atoms with E-state index in [1.54, 1.807) is 0 Å². The van der Waals surface area contributed by atoms with Crippen molar-refractivity contribution in [2.45, 2.75) is 20.8 Å². The molecule has 2 unspecified atom stereocenters. The molecule has 1 fully saturated rings. The lowest BCUT2D eigenvalue weighted by atomic mass is 10.1. The van der Waals surface area contributed by atoms with Crippen LogP contribution in [-0.2, 0) is 19.1 Å². The summed E-state index contributed by atoms with van der Waals surface area (Å²) in [5, 5.41) is 0. The number of methoxy groups -OCH3 is 1. The third kappa shape index (κ3) is 1.89. The first-order valence-corrected chi connectivity index (χ1v) is 4.62. The molecular formula is C10H16O4. The lowest BCUT2D eigenvalue weighted by Crippen LogP contribution is -2.09. The lowest BCUT2D eigenvalue weighted by molar-refractivity contribution is -0.145. The van der Waals surface area contributed by atoms with Gasteiger partial charge >= 0.3 is 11.9 Å². The smallest absolute Gasteiger partial charge is 0.309 e. The normalized spacial score (nSPS) is 28.0. The number of esters is 2. The largest absolute Gasteiger partial charge is 0.469 e. The molecule has 0 amide bonds. The van der Waals surface area contributed by atoms with Crippen LogP contribution in [-0.4, -0.2) is 25.7 Å². The van der Waals surface area contributed by atoms with Crippen LogP contribution >= 0.6 is 0 Å². The first-order chi connectivity index (χ1) is 6.41. The van der Waals surface area contributed by atoms with E-state index in [0.29, 0.717) is 6.61 Å². The number of rotatable bonds is 3. The standard InChI is InChI=1S/C10H16O4/c1-6(11)14-5-7-8(9(12)13-4)10(7,2)3/h7-8H,5H2,1-4H3. The zero-order valence-corrected chi connectivity index (χ0v) is 8.99. The monoisotopic (exact) mass is 200 g/mol. The maximum Gasteiger partial charge on any atom is 0.309 e. The molecule has 0 spiro atoms. The molecule has 2 atom stereocenters. The molecule has 80 valence electrons. The van der Waals surface area contributed by atoms with Gasteiger partial charge in [0, 0.05) is 12.8 Å². The highest BCUT2D eigenvalue weighted by Gasteiger charge is 2.62. The van der Waals surface area contributed by atoms with Crippen LogP contribution in [0.25, 0.3) is 0 Å². The van der Waals surface area contributed by atoms with Crippen LogP contribution < -0.4 is 0 Å². The van der Waals surface area contributed by atoms with Gasteiger partial charge in [-0.15, -0.1) is 0 Å². The fourth-order valence-corrected chi connectivity index (χ4v) is 1.86. The number of hydrogen-bond donors (Lipinski definition) is 0. The van der Waals surface area contributed by atoms with Crippen molar-refractivity contribution in [3.63, 3.8) is 0 Å². The second-order valence-corrected chi connectivity index (χ2v) is 4.23. The Kier molecular flexibility index (Phi) is 2.83. The van der Waals surface area contributed by atoms with E-state index in [4.69, 9.17) is 4.74 Å². The molecule has 1 saturated carbocycles. The van der Waals surface area contributed by atoms with Gasteiger partial charge in [-0.05, 0) is 5.41 Å². The SMILES string of the molecule is COC(=O)C1C(COC(C)=O)C1(C)C. The van der Waals surface area contributed by atoms with Crippen LogP contribution in [0, 0.1) is 17.3 Å². The molecular weight excluding hydrogens is 184 g/mol. The Morgan fingerprint density at radius 3 is 2.36 bits per heavy atom. The number of ether oxygens (including phenoxy) is 2. The zero-order valence-electron chi connectivity index (χ0n) is 8.99. The Morgan fingerprint density at radius 1 is 1.36 bits per heavy atom. The highest BCUT2D eigenvalue weighted by Crippen LogP contribution is 2.58. The van der Waals surface area contributed by atoms with Gasteiger partial charge in [-0.25, -0.2) is 0 Å². The van der Waals surface area contributed by atoms with Gasteiger partial charge in [0.15, 0.2) is 0 Å². The van der Waals surface area contributed by atoms with Crippen molar-refractivity contribution in [2.75, 3.05) is 13.7 Å². The molecule has 0 aromatic carbocycles. The van der Waals surface area contributed by atoms with Crippen molar-refractivity contribution >= 4 is 11.9 Å². The van der Waals surface area contributed by atoms with E-state index in [1.165, 1.54) is 14.0 Å². The Balaban J connectivity index is 2.49. The van der Waals surface area contributed by atoms with E-state index < -0.39 is 0 Å². The van der Waals surface area contributed by atoms with Gasteiger partial charge in [0.25, 0.3) is 0 Å². The molecule has 0 aromatic heterocycles. The maximum absolute atomic E-state index is 11.3. The first kappa shape index (κ1) is 11.0. The van der Waals surface area contributed by atoms with E-state index in [-0.39, 0.29) is 29.2 Å². The van der Waals surface area contributed by atoms with Gasteiger partial charge in [0.2, 0.25) is 0 Å². The first-order valence-electron chi connectivity index (χ1n) is 4.62. The van der Waals surface area contributed by atoms with Crippen LogP contribution in [0.2, 0.25) is 0 Å². The maximum atomic E-state index is 11.3. The van der Waals surface area contributed by atoms with Crippen molar-refractivity contribution in [2.24, 2.45) is 17.3 Å². The van der Waals surface area contributed by atoms with E-state index >= 15 is 0 Å². The topological polar surface area (TPSA) is 52.6 Å². The van der Waals surface area contributed by atoms with E-state index in [2.05, 4.69) is 4.74 Å². The predicted octanol–water partition coefficient (Wildman–Crippen LogP) is 0.995. The Hall–Kier alpha value is -1.06. The second-order valence-electron chi connectivity index (χ2n) is 4.23. The Bertz CT molecular complexity index is 257. The van der Waals surface area contributed by atoms with E-state index in [1.807, 2.05) is 13.8 Å². The fourth-order valence-electron chi connectivity index (χ4n) is 1.86. The van der Waals surface area contributed by atoms with Gasteiger partial charge in [0.1, 0.15) is 0 Å². The number of carbonyl (C=O) groups is 2. The van der Waals surface area contributed by atoms with E-state index in [9.17, 15) is 9.59 Å². The zero-order chi connectivity index (χ0) is 10.9. The summed E-state index contributed by atoms with van der Waals surface area (Å²) < 4.78 is 9.55. The minimum Gasteiger partial charge on any atom is -0.469 e. The van der Waals surface area contributed by atoms with Gasteiger partial charge < -0.3 is 9.47 Å². The predicted molar refractivity (Wildman–Crippen MR) is 49.4 cm³/mol. The third-order valence-electron chi connectivity index (χ3n) is 2.97. The van der Waals surface area contributed by atoms with Gasteiger partial charge in [-0.2, -0.15) is 0 Å². The second kappa shape index (κ2) is 3.59. The highest BCUT2D eigenvalue weighted by molar-refractivity contribution is 5.77. The van der Waals surface area contributed by atoms with Crippen LogP contribution in [0.1, 0.15) is 20.8 Å². The summed E-state index contributed by atoms with van der Waals surface area (Å²) in [6, 6.07) is 0. The molecule has 0 aliphatic heterocycles. The molecule has 1 rings (SSSR count). The Labute approximate surface area is 83.6 Å². The molecule has 0 radical (unpaired) electrons. The molecule has 0 bridgehead atoms. The molecule has 1 aliphatic rings. The third-order valence-corrected chi connectivity index (χ3v) is 2.97. The summed E-state index contributed by atoms with van der Waals surface area (Å²) in [7, 11) is 1.37. The molecule has 0 heterocycles. The molecule has 4 heteroatoms. The van der Waals surface area contributed by atoms with Gasteiger partial charge in [-0.3, -0.25) is 9.59 Å². The lowest BCUT2D eigenvalue weighted by Gasteiger charge is -2.01. The van der Waals surface area contributed by atoms with Crippen LogP contribution in [0.3, 0.4) is 0 Å².